The highest BCUT2D eigenvalue weighted by atomic mass is 16.4. The van der Waals surface area contributed by atoms with Gasteiger partial charge in [-0.25, -0.2) is 4.98 Å². The van der Waals surface area contributed by atoms with Crippen molar-refractivity contribution in [3.8, 4) is 0 Å². The Kier molecular flexibility index (Phi) is 4.00. The third-order valence-corrected chi connectivity index (χ3v) is 3.80. The average Bonchev–Trinajstić information content (AvgIpc) is 3.09. The Balaban J connectivity index is 1.53. The zero-order chi connectivity index (χ0) is 15.7. The summed E-state index contributed by atoms with van der Waals surface area (Å²) in [5.41, 5.74) is 1.80. The molecule has 2 aromatic heterocycles. The van der Waals surface area contributed by atoms with Crippen LogP contribution in [0.5, 0.6) is 0 Å². The Hall–Kier alpha value is -2.11. The molecule has 2 heterocycles. The highest BCUT2D eigenvalue weighted by Crippen LogP contribution is 2.38. The van der Waals surface area contributed by atoms with E-state index in [4.69, 9.17) is 4.42 Å². The molecule has 2 aromatic rings. The molecular weight excluding hydrogens is 280 g/mol. The molecular formula is C16H22N4O2. The van der Waals surface area contributed by atoms with Crippen molar-refractivity contribution in [2.75, 3.05) is 6.54 Å². The number of aryl methyl sites for hydroxylation is 1. The second-order valence-corrected chi connectivity index (χ2v) is 6.16. The molecule has 1 saturated carbocycles. The first-order chi connectivity index (χ1) is 10.5. The van der Waals surface area contributed by atoms with Crippen molar-refractivity contribution in [2.45, 2.75) is 52.0 Å². The van der Waals surface area contributed by atoms with Crippen LogP contribution in [0.4, 0.5) is 0 Å². The molecule has 1 aliphatic rings. The number of nitrogens with one attached hydrogen (secondary N) is 1. The second-order valence-electron chi connectivity index (χ2n) is 6.16. The van der Waals surface area contributed by atoms with Gasteiger partial charge in [-0.2, -0.15) is 5.10 Å². The fourth-order valence-electron chi connectivity index (χ4n) is 2.34. The average molecular weight is 302 g/mol. The lowest BCUT2D eigenvalue weighted by atomic mass is 10.2. The first kappa shape index (κ1) is 14.8. The van der Waals surface area contributed by atoms with E-state index in [9.17, 15) is 4.79 Å². The molecule has 1 fully saturated rings. The van der Waals surface area contributed by atoms with Gasteiger partial charge < -0.3 is 9.73 Å². The molecule has 6 heteroatoms. The number of hydrogen-bond acceptors (Lipinski definition) is 4. The molecule has 0 aliphatic heterocycles. The maximum absolute atomic E-state index is 12.1. The minimum atomic E-state index is -0.216. The molecule has 22 heavy (non-hydrogen) atoms. The number of amides is 1. The predicted octanol–water partition coefficient (Wildman–Crippen LogP) is 2.61. The van der Waals surface area contributed by atoms with E-state index in [0.717, 1.165) is 0 Å². The van der Waals surface area contributed by atoms with Crippen molar-refractivity contribution in [2.24, 2.45) is 0 Å². The topological polar surface area (TPSA) is 73.0 Å². The minimum absolute atomic E-state index is 0.171. The number of oxazole rings is 1. The van der Waals surface area contributed by atoms with Crippen LogP contribution in [0.1, 0.15) is 66.4 Å². The van der Waals surface area contributed by atoms with Crippen LogP contribution in [0.3, 0.4) is 0 Å². The van der Waals surface area contributed by atoms with E-state index in [-0.39, 0.29) is 11.8 Å². The van der Waals surface area contributed by atoms with Gasteiger partial charge in [0.15, 0.2) is 5.89 Å². The van der Waals surface area contributed by atoms with E-state index in [1.54, 1.807) is 6.92 Å². The number of hydrogen-bond donors (Lipinski definition) is 1. The van der Waals surface area contributed by atoms with Gasteiger partial charge in [0.25, 0.3) is 5.91 Å². The maximum Gasteiger partial charge on any atom is 0.289 e. The maximum atomic E-state index is 12.1. The first-order valence-corrected chi connectivity index (χ1v) is 7.83. The predicted molar refractivity (Wildman–Crippen MR) is 81.9 cm³/mol. The van der Waals surface area contributed by atoms with Crippen molar-refractivity contribution in [1.29, 1.82) is 0 Å². The van der Waals surface area contributed by atoms with E-state index < -0.39 is 0 Å². The first-order valence-electron chi connectivity index (χ1n) is 7.83. The molecule has 0 atom stereocenters. The van der Waals surface area contributed by atoms with Crippen LogP contribution >= 0.6 is 0 Å². The number of rotatable bonds is 6. The highest BCUT2D eigenvalue weighted by Gasteiger charge is 2.25. The Morgan fingerprint density at radius 1 is 1.50 bits per heavy atom. The largest absolute Gasteiger partial charge is 0.435 e. The lowest BCUT2D eigenvalue weighted by Gasteiger charge is -2.04. The Morgan fingerprint density at radius 3 is 2.91 bits per heavy atom. The SMILES string of the molecule is Cc1nc(C(C)C)oc1C(=O)NCCn1ccc(C2CC2)n1. The number of aromatic nitrogens is 3. The van der Waals surface area contributed by atoms with Gasteiger partial charge in [0.2, 0.25) is 5.76 Å². The summed E-state index contributed by atoms with van der Waals surface area (Å²) in [6, 6.07) is 2.06. The normalized spacial score (nSPS) is 14.5. The standard InChI is InChI=1S/C16H22N4O2/c1-10(2)16-18-11(3)14(22-16)15(21)17-7-9-20-8-6-13(19-20)12-4-5-12/h6,8,10,12H,4-5,7,9H2,1-3H3,(H,17,21). The Bertz CT molecular complexity index is 667. The van der Waals surface area contributed by atoms with Gasteiger partial charge in [0.1, 0.15) is 0 Å². The van der Waals surface area contributed by atoms with Crippen LogP contribution in [0.2, 0.25) is 0 Å². The highest BCUT2D eigenvalue weighted by molar-refractivity contribution is 5.92. The molecule has 1 aliphatic carbocycles. The van der Waals surface area contributed by atoms with Crippen LogP contribution in [-0.4, -0.2) is 27.2 Å². The summed E-state index contributed by atoms with van der Waals surface area (Å²) in [4.78, 5) is 16.4. The van der Waals surface area contributed by atoms with Gasteiger partial charge in [-0.3, -0.25) is 9.48 Å². The van der Waals surface area contributed by atoms with Crippen LogP contribution in [0, 0.1) is 6.92 Å². The summed E-state index contributed by atoms with van der Waals surface area (Å²) < 4.78 is 7.41. The van der Waals surface area contributed by atoms with Gasteiger partial charge >= 0.3 is 0 Å². The van der Waals surface area contributed by atoms with Crippen molar-refractivity contribution in [1.82, 2.24) is 20.1 Å². The van der Waals surface area contributed by atoms with E-state index in [1.165, 1.54) is 18.5 Å². The van der Waals surface area contributed by atoms with Crippen molar-refractivity contribution >= 4 is 5.91 Å². The molecule has 118 valence electrons. The molecule has 0 spiro atoms. The molecule has 0 aromatic carbocycles. The molecule has 1 amide bonds. The van der Waals surface area contributed by atoms with Gasteiger partial charge in [-0.1, -0.05) is 13.8 Å². The quantitative estimate of drug-likeness (QED) is 0.890. The molecule has 0 unspecified atom stereocenters. The van der Waals surface area contributed by atoms with Crippen LogP contribution < -0.4 is 5.32 Å². The van der Waals surface area contributed by atoms with Crippen molar-refractivity contribution in [3.63, 3.8) is 0 Å². The number of carbonyl (C=O) groups excluding carboxylic acids is 1. The van der Waals surface area contributed by atoms with E-state index >= 15 is 0 Å². The summed E-state index contributed by atoms with van der Waals surface area (Å²) in [5, 5.41) is 7.38. The van der Waals surface area contributed by atoms with Crippen molar-refractivity contribution in [3.05, 3.63) is 35.3 Å². The summed E-state index contributed by atoms with van der Waals surface area (Å²) >= 11 is 0. The third kappa shape index (κ3) is 3.21. The molecule has 0 bridgehead atoms. The second kappa shape index (κ2) is 5.94. The molecule has 3 rings (SSSR count). The molecule has 0 radical (unpaired) electrons. The van der Waals surface area contributed by atoms with Crippen LogP contribution in [0.15, 0.2) is 16.7 Å². The van der Waals surface area contributed by atoms with Gasteiger partial charge in [-0.05, 0) is 25.8 Å². The number of nitrogens with zero attached hydrogens (tertiary/aromatic N) is 3. The molecule has 0 saturated heterocycles. The summed E-state index contributed by atoms with van der Waals surface area (Å²) in [7, 11) is 0. The Labute approximate surface area is 129 Å². The van der Waals surface area contributed by atoms with Crippen LogP contribution in [-0.2, 0) is 6.54 Å². The summed E-state index contributed by atoms with van der Waals surface area (Å²) in [6.07, 6.45) is 4.46. The van der Waals surface area contributed by atoms with E-state index in [2.05, 4.69) is 21.5 Å². The van der Waals surface area contributed by atoms with Gasteiger partial charge in [0.05, 0.1) is 17.9 Å². The monoisotopic (exact) mass is 302 g/mol. The summed E-state index contributed by atoms with van der Waals surface area (Å²) in [6.45, 7) is 6.94. The third-order valence-electron chi connectivity index (χ3n) is 3.80. The molecule has 1 N–H and O–H groups in total. The Morgan fingerprint density at radius 2 is 2.27 bits per heavy atom. The van der Waals surface area contributed by atoms with E-state index in [0.29, 0.717) is 36.4 Å². The van der Waals surface area contributed by atoms with Crippen molar-refractivity contribution < 1.29 is 9.21 Å². The van der Waals surface area contributed by atoms with Gasteiger partial charge in [-0.15, -0.1) is 0 Å². The minimum Gasteiger partial charge on any atom is -0.435 e. The van der Waals surface area contributed by atoms with E-state index in [1.807, 2.05) is 24.7 Å². The smallest absolute Gasteiger partial charge is 0.289 e. The fraction of sp³-hybridized carbons (Fsp3) is 0.562. The lowest BCUT2D eigenvalue weighted by Crippen LogP contribution is -2.27. The zero-order valence-electron chi connectivity index (χ0n) is 13.3. The van der Waals surface area contributed by atoms with Gasteiger partial charge in [0, 0.05) is 24.6 Å². The zero-order valence-corrected chi connectivity index (χ0v) is 13.3. The van der Waals surface area contributed by atoms with Crippen LogP contribution in [0.25, 0.3) is 0 Å². The molecule has 6 nitrogen and oxygen atoms in total. The lowest BCUT2D eigenvalue weighted by molar-refractivity contribution is 0.0921. The summed E-state index contributed by atoms with van der Waals surface area (Å²) in [5.74, 6) is 1.52. The fourth-order valence-corrected chi connectivity index (χ4v) is 2.34. The number of carbonyl (C=O) groups is 1.